The van der Waals surface area contributed by atoms with Crippen molar-refractivity contribution in [1.82, 2.24) is 9.97 Å². The number of aromatic nitrogens is 2. The van der Waals surface area contributed by atoms with Gasteiger partial charge in [0.1, 0.15) is 11.3 Å². The number of fused-ring (bicyclic) bond motifs is 2. The van der Waals surface area contributed by atoms with Gasteiger partial charge in [-0.25, -0.2) is 4.98 Å². The molecule has 4 nitrogen and oxygen atoms in total. The van der Waals surface area contributed by atoms with E-state index >= 15 is 0 Å². The SMILES string of the molecule is Cc1ccc2sc(Oc3ccc4ccoc4c3)nc2n1. The van der Waals surface area contributed by atoms with Gasteiger partial charge >= 0.3 is 0 Å². The molecule has 0 amide bonds. The Morgan fingerprint density at radius 1 is 1.10 bits per heavy atom. The molecule has 0 spiro atoms. The van der Waals surface area contributed by atoms with E-state index in [1.807, 2.05) is 43.3 Å². The lowest BCUT2D eigenvalue weighted by Gasteiger charge is -2.00. The van der Waals surface area contributed by atoms with Crippen LogP contribution in [0.25, 0.3) is 21.3 Å². The Balaban J connectivity index is 1.72. The molecule has 0 N–H and O–H groups in total. The number of benzene rings is 1. The zero-order chi connectivity index (χ0) is 13.5. The van der Waals surface area contributed by atoms with E-state index in [4.69, 9.17) is 9.15 Å². The maximum Gasteiger partial charge on any atom is 0.281 e. The van der Waals surface area contributed by atoms with E-state index in [1.165, 1.54) is 11.3 Å². The third kappa shape index (κ3) is 1.92. The van der Waals surface area contributed by atoms with Gasteiger partial charge < -0.3 is 9.15 Å². The third-order valence-corrected chi connectivity index (χ3v) is 3.89. The van der Waals surface area contributed by atoms with Crippen LogP contribution in [0.1, 0.15) is 5.69 Å². The summed E-state index contributed by atoms with van der Waals surface area (Å²) in [6, 6.07) is 11.6. The van der Waals surface area contributed by atoms with Crippen LogP contribution in [0, 0.1) is 6.92 Å². The zero-order valence-electron chi connectivity index (χ0n) is 10.7. The van der Waals surface area contributed by atoms with E-state index in [0.29, 0.717) is 10.9 Å². The summed E-state index contributed by atoms with van der Waals surface area (Å²) in [6.45, 7) is 1.95. The summed E-state index contributed by atoms with van der Waals surface area (Å²) in [5.41, 5.74) is 2.48. The molecule has 0 aliphatic heterocycles. The molecule has 0 bridgehead atoms. The molecule has 0 radical (unpaired) electrons. The predicted octanol–water partition coefficient (Wildman–Crippen LogP) is 4.54. The van der Waals surface area contributed by atoms with Crippen LogP contribution in [-0.4, -0.2) is 9.97 Å². The van der Waals surface area contributed by atoms with Gasteiger partial charge in [-0.3, -0.25) is 0 Å². The lowest BCUT2D eigenvalue weighted by Crippen LogP contribution is -1.83. The molecular formula is C15H10N2O2S. The van der Waals surface area contributed by atoms with E-state index in [-0.39, 0.29) is 0 Å². The summed E-state index contributed by atoms with van der Waals surface area (Å²) in [5, 5.41) is 1.64. The Kier molecular flexibility index (Phi) is 2.47. The highest BCUT2D eigenvalue weighted by Crippen LogP contribution is 2.32. The highest BCUT2D eigenvalue weighted by atomic mass is 32.1. The van der Waals surface area contributed by atoms with Gasteiger partial charge in [0.2, 0.25) is 0 Å². The first-order chi connectivity index (χ1) is 9.78. The Hall–Kier alpha value is -2.40. The van der Waals surface area contributed by atoms with Crippen molar-refractivity contribution in [3.63, 3.8) is 0 Å². The molecule has 0 saturated heterocycles. The molecule has 4 rings (SSSR count). The minimum atomic E-state index is 0.587. The van der Waals surface area contributed by atoms with Crippen molar-refractivity contribution in [1.29, 1.82) is 0 Å². The molecule has 3 heterocycles. The highest BCUT2D eigenvalue weighted by molar-refractivity contribution is 7.20. The number of hydrogen-bond donors (Lipinski definition) is 0. The molecular weight excluding hydrogens is 272 g/mol. The number of ether oxygens (including phenoxy) is 1. The summed E-state index contributed by atoms with van der Waals surface area (Å²) in [4.78, 5) is 8.77. The van der Waals surface area contributed by atoms with Crippen LogP contribution in [0.5, 0.6) is 10.9 Å². The van der Waals surface area contributed by atoms with Crippen molar-refractivity contribution in [2.75, 3.05) is 0 Å². The Morgan fingerprint density at radius 3 is 3.00 bits per heavy atom. The van der Waals surface area contributed by atoms with Crippen molar-refractivity contribution in [3.8, 4) is 10.9 Å². The van der Waals surface area contributed by atoms with Crippen LogP contribution in [0.3, 0.4) is 0 Å². The van der Waals surface area contributed by atoms with Gasteiger partial charge in [0, 0.05) is 17.1 Å². The zero-order valence-corrected chi connectivity index (χ0v) is 11.5. The Labute approximate surface area is 118 Å². The molecule has 0 aliphatic carbocycles. The van der Waals surface area contributed by atoms with Crippen LogP contribution in [0.15, 0.2) is 47.1 Å². The second-order valence-corrected chi connectivity index (χ2v) is 5.47. The topological polar surface area (TPSA) is 48.2 Å². The number of aryl methyl sites for hydroxylation is 1. The quantitative estimate of drug-likeness (QED) is 0.541. The van der Waals surface area contributed by atoms with E-state index in [0.717, 1.165) is 27.0 Å². The van der Waals surface area contributed by atoms with Gasteiger partial charge in [-0.2, -0.15) is 4.98 Å². The summed E-state index contributed by atoms with van der Waals surface area (Å²) in [6.07, 6.45) is 1.67. The van der Waals surface area contributed by atoms with Crippen molar-refractivity contribution in [3.05, 3.63) is 48.4 Å². The fourth-order valence-corrected chi connectivity index (χ4v) is 2.81. The standard InChI is InChI=1S/C15H10N2O2S/c1-9-2-5-13-14(16-9)17-15(20-13)19-11-4-3-10-6-7-18-12(10)8-11/h2-8H,1H3. The first-order valence-electron chi connectivity index (χ1n) is 6.17. The second kappa shape index (κ2) is 4.31. The molecule has 0 unspecified atom stereocenters. The molecule has 3 aromatic heterocycles. The average molecular weight is 282 g/mol. The lowest BCUT2D eigenvalue weighted by atomic mass is 10.2. The summed E-state index contributed by atoms with van der Waals surface area (Å²) >= 11 is 1.48. The minimum Gasteiger partial charge on any atom is -0.464 e. The summed E-state index contributed by atoms with van der Waals surface area (Å²) in [5.74, 6) is 0.711. The summed E-state index contributed by atoms with van der Waals surface area (Å²) in [7, 11) is 0. The first-order valence-corrected chi connectivity index (χ1v) is 6.99. The summed E-state index contributed by atoms with van der Waals surface area (Å²) < 4.78 is 12.2. The molecule has 5 heteroatoms. The van der Waals surface area contributed by atoms with Crippen LogP contribution in [0.4, 0.5) is 0 Å². The number of hydrogen-bond acceptors (Lipinski definition) is 5. The highest BCUT2D eigenvalue weighted by Gasteiger charge is 2.08. The number of furan rings is 1. The largest absolute Gasteiger partial charge is 0.464 e. The van der Waals surface area contributed by atoms with Gasteiger partial charge in [-0.1, -0.05) is 11.3 Å². The number of nitrogens with zero attached hydrogens (tertiary/aromatic N) is 2. The molecule has 0 fully saturated rings. The monoisotopic (exact) mass is 282 g/mol. The van der Waals surface area contributed by atoms with E-state index in [9.17, 15) is 0 Å². The normalized spacial score (nSPS) is 11.2. The van der Waals surface area contributed by atoms with Gasteiger partial charge in [-0.05, 0) is 37.3 Å². The van der Waals surface area contributed by atoms with Gasteiger partial charge in [0.05, 0.1) is 11.0 Å². The van der Waals surface area contributed by atoms with Gasteiger partial charge in [-0.15, -0.1) is 0 Å². The molecule has 98 valence electrons. The third-order valence-electron chi connectivity index (χ3n) is 3.01. The second-order valence-electron chi connectivity index (χ2n) is 4.48. The number of pyridine rings is 1. The minimum absolute atomic E-state index is 0.587. The molecule has 0 atom stereocenters. The molecule has 0 saturated carbocycles. The Morgan fingerprint density at radius 2 is 2.05 bits per heavy atom. The van der Waals surface area contributed by atoms with E-state index in [1.54, 1.807) is 6.26 Å². The molecule has 1 aromatic carbocycles. The van der Waals surface area contributed by atoms with Crippen molar-refractivity contribution in [2.45, 2.75) is 6.92 Å². The predicted molar refractivity (Wildman–Crippen MR) is 78.4 cm³/mol. The Bertz CT molecular complexity index is 910. The average Bonchev–Trinajstić information content (AvgIpc) is 3.03. The number of rotatable bonds is 2. The van der Waals surface area contributed by atoms with Crippen molar-refractivity contribution >= 4 is 32.7 Å². The first kappa shape index (κ1) is 11.4. The van der Waals surface area contributed by atoms with Gasteiger partial charge in [0.25, 0.3) is 5.19 Å². The van der Waals surface area contributed by atoms with E-state index in [2.05, 4.69) is 9.97 Å². The fraction of sp³-hybridized carbons (Fsp3) is 0.0667. The van der Waals surface area contributed by atoms with Crippen LogP contribution in [-0.2, 0) is 0 Å². The fourth-order valence-electron chi connectivity index (χ4n) is 2.04. The van der Waals surface area contributed by atoms with E-state index < -0.39 is 0 Å². The van der Waals surface area contributed by atoms with Crippen molar-refractivity contribution in [2.24, 2.45) is 0 Å². The van der Waals surface area contributed by atoms with Crippen LogP contribution in [0.2, 0.25) is 0 Å². The maximum absolute atomic E-state index is 5.79. The lowest BCUT2D eigenvalue weighted by molar-refractivity contribution is 0.479. The van der Waals surface area contributed by atoms with Crippen LogP contribution >= 0.6 is 11.3 Å². The van der Waals surface area contributed by atoms with Gasteiger partial charge in [0.15, 0.2) is 5.65 Å². The molecule has 20 heavy (non-hydrogen) atoms. The van der Waals surface area contributed by atoms with Crippen LogP contribution < -0.4 is 4.74 Å². The number of thiazole rings is 1. The molecule has 4 aromatic rings. The van der Waals surface area contributed by atoms with Crippen molar-refractivity contribution < 1.29 is 9.15 Å². The smallest absolute Gasteiger partial charge is 0.281 e. The maximum atomic E-state index is 5.79. The molecule has 0 aliphatic rings.